The molecule has 128 valence electrons. The van der Waals surface area contributed by atoms with E-state index in [0.29, 0.717) is 11.1 Å². The van der Waals surface area contributed by atoms with Gasteiger partial charge in [-0.2, -0.15) is 13.2 Å². The summed E-state index contributed by atoms with van der Waals surface area (Å²) < 4.78 is 46.0. The molecule has 1 N–H and O–H groups in total. The summed E-state index contributed by atoms with van der Waals surface area (Å²) in [5.74, 6) is -1.80. The van der Waals surface area contributed by atoms with E-state index >= 15 is 0 Å². The molecule has 0 radical (unpaired) electrons. The fourth-order valence-electron chi connectivity index (χ4n) is 1.70. The Bertz CT molecular complexity index is 734. The van der Waals surface area contributed by atoms with Gasteiger partial charge in [0.1, 0.15) is 12.1 Å². The van der Waals surface area contributed by atoms with Gasteiger partial charge < -0.3 is 14.5 Å². The van der Waals surface area contributed by atoms with E-state index < -0.39 is 30.7 Å². The summed E-state index contributed by atoms with van der Waals surface area (Å²) in [6, 6.07) is 6.96. The summed E-state index contributed by atoms with van der Waals surface area (Å²) >= 11 is 0. The summed E-state index contributed by atoms with van der Waals surface area (Å²) in [6.07, 6.45) is -3.69. The molecule has 0 bridgehead atoms. The number of hydrogen-bond donors (Lipinski definition) is 1. The minimum Gasteiger partial charge on any atom is -0.449 e. The molecule has 0 aliphatic rings. The molecule has 1 aromatic carbocycles. The normalized spacial score (nSPS) is 13.2. The highest BCUT2D eigenvalue weighted by atomic mass is 19.4. The monoisotopic (exact) mass is 342 g/mol. The average Bonchev–Trinajstić information content (AvgIpc) is 2.92. The van der Waals surface area contributed by atoms with Crippen molar-refractivity contribution < 1.29 is 31.9 Å². The molecule has 9 heteroatoms. The second kappa shape index (κ2) is 7.16. The van der Waals surface area contributed by atoms with Crippen LogP contribution in [-0.2, 0) is 14.3 Å². The summed E-state index contributed by atoms with van der Waals surface area (Å²) in [7, 11) is 0. The number of aromatic nitrogens is 1. The van der Waals surface area contributed by atoms with Crippen molar-refractivity contribution in [1.82, 2.24) is 10.3 Å². The van der Waals surface area contributed by atoms with Gasteiger partial charge in [-0.25, -0.2) is 9.78 Å². The maximum absolute atomic E-state index is 12.0. The van der Waals surface area contributed by atoms with Crippen molar-refractivity contribution >= 4 is 29.1 Å². The SMILES string of the molecule is CC(OC(=O)C=Cc1nc2ccccc2o1)C(=O)NCC(F)(F)F. The van der Waals surface area contributed by atoms with Crippen LogP contribution in [0.5, 0.6) is 0 Å². The zero-order chi connectivity index (χ0) is 17.7. The molecule has 1 unspecified atom stereocenters. The van der Waals surface area contributed by atoms with Gasteiger partial charge in [-0.05, 0) is 19.1 Å². The Morgan fingerprint density at radius 3 is 2.75 bits per heavy atom. The third-order valence-electron chi connectivity index (χ3n) is 2.80. The molecule has 2 aromatic rings. The third kappa shape index (κ3) is 5.11. The van der Waals surface area contributed by atoms with E-state index in [2.05, 4.69) is 4.98 Å². The quantitative estimate of drug-likeness (QED) is 0.667. The number of esters is 1. The summed E-state index contributed by atoms with van der Waals surface area (Å²) in [4.78, 5) is 27.0. The van der Waals surface area contributed by atoms with Crippen LogP contribution >= 0.6 is 0 Å². The first-order valence-corrected chi connectivity index (χ1v) is 6.83. The van der Waals surface area contributed by atoms with E-state index in [1.165, 1.54) is 6.08 Å². The Hall–Kier alpha value is -2.84. The number of carbonyl (C=O) groups is 2. The summed E-state index contributed by atoms with van der Waals surface area (Å²) in [5, 5.41) is 1.62. The van der Waals surface area contributed by atoms with Gasteiger partial charge in [-0.15, -0.1) is 0 Å². The van der Waals surface area contributed by atoms with Crippen molar-refractivity contribution in [3.63, 3.8) is 0 Å². The number of alkyl halides is 3. The standard InChI is InChI=1S/C15H13F3N2O4/c1-9(14(22)19-8-15(16,17)18)23-13(21)7-6-12-20-10-4-2-3-5-11(10)24-12/h2-7,9H,8H2,1H3,(H,19,22). The van der Waals surface area contributed by atoms with Crippen LogP contribution in [0.15, 0.2) is 34.8 Å². The Kier molecular flexibility index (Phi) is 5.22. The number of ether oxygens (including phenoxy) is 1. The van der Waals surface area contributed by atoms with Crippen LogP contribution in [0.4, 0.5) is 13.2 Å². The van der Waals surface area contributed by atoms with Gasteiger partial charge in [-0.1, -0.05) is 12.1 Å². The lowest BCUT2D eigenvalue weighted by molar-refractivity contribution is -0.154. The zero-order valence-corrected chi connectivity index (χ0v) is 12.5. The zero-order valence-electron chi connectivity index (χ0n) is 12.5. The molecular weight excluding hydrogens is 329 g/mol. The maximum Gasteiger partial charge on any atom is 0.405 e. The van der Waals surface area contributed by atoms with Gasteiger partial charge in [0, 0.05) is 12.2 Å². The lowest BCUT2D eigenvalue weighted by Crippen LogP contribution is -2.40. The number of nitrogens with zero attached hydrogens (tertiary/aromatic N) is 1. The number of fused-ring (bicyclic) bond motifs is 1. The van der Waals surface area contributed by atoms with Gasteiger partial charge >= 0.3 is 12.1 Å². The number of halogens is 3. The van der Waals surface area contributed by atoms with Crippen LogP contribution in [0.1, 0.15) is 12.8 Å². The van der Waals surface area contributed by atoms with Crippen LogP contribution in [0.3, 0.4) is 0 Å². The highest BCUT2D eigenvalue weighted by Gasteiger charge is 2.29. The van der Waals surface area contributed by atoms with E-state index in [1.54, 1.807) is 29.6 Å². The minimum atomic E-state index is -4.54. The Morgan fingerprint density at radius 2 is 2.08 bits per heavy atom. The van der Waals surface area contributed by atoms with Gasteiger partial charge in [0.2, 0.25) is 5.89 Å². The number of nitrogens with one attached hydrogen (secondary N) is 1. The van der Waals surface area contributed by atoms with Crippen molar-refractivity contribution in [2.45, 2.75) is 19.2 Å². The first-order chi connectivity index (χ1) is 11.2. The van der Waals surface area contributed by atoms with Crippen LogP contribution in [0.2, 0.25) is 0 Å². The average molecular weight is 342 g/mol. The van der Waals surface area contributed by atoms with Crippen LogP contribution in [0.25, 0.3) is 17.2 Å². The van der Waals surface area contributed by atoms with E-state index in [9.17, 15) is 22.8 Å². The van der Waals surface area contributed by atoms with Crippen molar-refractivity contribution in [3.05, 3.63) is 36.2 Å². The van der Waals surface area contributed by atoms with E-state index in [4.69, 9.17) is 9.15 Å². The molecule has 0 saturated heterocycles. The lowest BCUT2D eigenvalue weighted by atomic mass is 10.3. The largest absolute Gasteiger partial charge is 0.449 e. The molecule has 1 aromatic heterocycles. The second-order valence-corrected chi connectivity index (χ2v) is 4.77. The first-order valence-electron chi connectivity index (χ1n) is 6.83. The molecule has 0 fully saturated rings. The van der Waals surface area contributed by atoms with Crippen LogP contribution in [0, 0.1) is 0 Å². The topological polar surface area (TPSA) is 81.4 Å². The molecule has 1 amide bonds. The van der Waals surface area contributed by atoms with Crippen LogP contribution < -0.4 is 5.32 Å². The molecule has 24 heavy (non-hydrogen) atoms. The Morgan fingerprint density at radius 1 is 1.38 bits per heavy atom. The summed E-state index contributed by atoms with van der Waals surface area (Å²) in [6.45, 7) is -0.330. The molecule has 2 rings (SSSR count). The van der Waals surface area contributed by atoms with Crippen molar-refractivity contribution in [2.24, 2.45) is 0 Å². The fourth-order valence-corrected chi connectivity index (χ4v) is 1.70. The number of rotatable bonds is 5. The van der Waals surface area contributed by atoms with Crippen molar-refractivity contribution in [3.8, 4) is 0 Å². The highest BCUT2D eigenvalue weighted by Crippen LogP contribution is 2.15. The van der Waals surface area contributed by atoms with Gasteiger partial charge in [0.05, 0.1) is 0 Å². The fraction of sp³-hybridized carbons (Fsp3) is 0.267. The predicted molar refractivity (Wildman–Crippen MR) is 77.7 cm³/mol. The van der Waals surface area contributed by atoms with E-state index in [0.717, 1.165) is 13.0 Å². The molecule has 6 nitrogen and oxygen atoms in total. The first kappa shape index (κ1) is 17.5. The van der Waals surface area contributed by atoms with E-state index in [-0.39, 0.29) is 5.89 Å². The Balaban J connectivity index is 1.88. The number of benzene rings is 1. The van der Waals surface area contributed by atoms with Gasteiger partial charge in [0.25, 0.3) is 5.91 Å². The highest BCUT2D eigenvalue weighted by molar-refractivity contribution is 5.90. The number of para-hydroxylation sites is 2. The molecule has 0 aliphatic heterocycles. The van der Waals surface area contributed by atoms with Crippen LogP contribution in [-0.4, -0.2) is 35.7 Å². The molecular formula is C15H13F3N2O4. The molecule has 0 saturated carbocycles. The van der Waals surface area contributed by atoms with E-state index in [1.807, 2.05) is 0 Å². The number of carbonyl (C=O) groups excluding carboxylic acids is 2. The smallest absolute Gasteiger partial charge is 0.405 e. The maximum atomic E-state index is 12.0. The number of oxazole rings is 1. The minimum absolute atomic E-state index is 0.155. The third-order valence-corrected chi connectivity index (χ3v) is 2.80. The lowest BCUT2D eigenvalue weighted by Gasteiger charge is -2.13. The Labute approximate surface area is 134 Å². The van der Waals surface area contributed by atoms with Gasteiger partial charge in [-0.3, -0.25) is 4.79 Å². The summed E-state index contributed by atoms with van der Waals surface area (Å²) in [5.41, 5.74) is 1.14. The number of hydrogen-bond acceptors (Lipinski definition) is 5. The second-order valence-electron chi connectivity index (χ2n) is 4.77. The number of amides is 1. The van der Waals surface area contributed by atoms with Crippen molar-refractivity contribution in [1.29, 1.82) is 0 Å². The molecule has 1 atom stereocenters. The predicted octanol–water partition coefficient (Wildman–Crippen LogP) is 2.45. The van der Waals surface area contributed by atoms with Crippen molar-refractivity contribution in [2.75, 3.05) is 6.54 Å². The molecule has 0 spiro atoms. The van der Waals surface area contributed by atoms with Gasteiger partial charge in [0.15, 0.2) is 11.7 Å². The molecule has 1 heterocycles. The molecule has 0 aliphatic carbocycles.